The van der Waals surface area contributed by atoms with Crippen LogP contribution in [0.4, 0.5) is 15.9 Å². The maximum atomic E-state index is 14.3. The molecule has 1 aliphatic rings. The molecular formula is C18H21FN4O3. The van der Waals surface area contributed by atoms with Crippen LogP contribution in [-0.4, -0.2) is 54.5 Å². The van der Waals surface area contributed by atoms with Gasteiger partial charge in [-0.05, 0) is 32.0 Å². The van der Waals surface area contributed by atoms with E-state index in [-0.39, 0.29) is 18.2 Å². The molecule has 0 saturated carbocycles. The molecule has 0 unspecified atom stereocenters. The minimum Gasteiger partial charge on any atom is -0.367 e. The van der Waals surface area contributed by atoms with E-state index in [4.69, 9.17) is 4.52 Å². The first-order valence-corrected chi connectivity index (χ1v) is 8.43. The Balaban J connectivity index is 1.52. The summed E-state index contributed by atoms with van der Waals surface area (Å²) >= 11 is 0. The van der Waals surface area contributed by atoms with Crippen LogP contribution in [0.25, 0.3) is 0 Å². The lowest BCUT2D eigenvalue weighted by Gasteiger charge is -2.35. The Morgan fingerprint density at radius 3 is 2.54 bits per heavy atom. The van der Waals surface area contributed by atoms with Crippen molar-refractivity contribution in [1.29, 1.82) is 0 Å². The molecule has 2 heterocycles. The zero-order valence-corrected chi connectivity index (χ0v) is 14.8. The summed E-state index contributed by atoms with van der Waals surface area (Å²) < 4.78 is 19.2. The number of hydrogen-bond donors (Lipinski definition) is 1. The van der Waals surface area contributed by atoms with Gasteiger partial charge in [-0.15, -0.1) is 0 Å². The number of aromatic nitrogens is 1. The second-order valence-electron chi connectivity index (χ2n) is 6.36. The van der Waals surface area contributed by atoms with Gasteiger partial charge in [0, 0.05) is 37.8 Å². The van der Waals surface area contributed by atoms with E-state index in [0.717, 1.165) is 0 Å². The normalized spacial score (nSPS) is 15.1. The largest absolute Gasteiger partial charge is 0.367 e. The minimum atomic E-state index is -0.398. The third-order valence-corrected chi connectivity index (χ3v) is 4.33. The molecule has 1 amide bonds. The van der Waals surface area contributed by atoms with E-state index in [2.05, 4.69) is 10.5 Å². The van der Waals surface area contributed by atoms with Gasteiger partial charge >= 0.3 is 0 Å². The molecule has 1 aromatic heterocycles. The van der Waals surface area contributed by atoms with Crippen LogP contribution in [0.3, 0.4) is 0 Å². The molecule has 3 rings (SSSR count). The summed E-state index contributed by atoms with van der Waals surface area (Å²) in [7, 11) is 0. The van der Waals surface area contributed by atoms with Crippen LogP contribution >= 0.6 is 0 Å². The number of rotatable bonds is 5. The van der Waals surface area contributed by atoms with Crippen molar-refractivity contribution in [3.05, 3.63) is 41.4 Å². The molecular weight excluding hydrogens is 339 g/mol. The molecule has 1 fully saturated rings. The Hall–Kier alpha value is -2.74. The van der Waals surface area contributed by atoms with E-state index in [0.29, 0.717) is 49.0 Å². The van der Waals surface area contributed by atoms with Crippen molar-refractivity contribution in [1.82, 2.24) is 10.1 Å². The van der Waals surface area contributed by atoms with Crippen LogP contribution in [0, 0.1) is 12.7 Å². The number of ketones is 1. The Morgan fingerprint density at radius 2 is 1.96 bits per heavy atom. The minimum absolute atomic E-state index is 0.159. The standard InChI is InChI=1S/C18H21FN4O3/c1-12-9-17(21-26-12)20-18(25)11-22-5-7-23(8-6-22)16-4-3-14(13(2)24)10-15(16)19/h3-4,9-10H,5-8,11H2,1-2H3,(H,20,21,25). The van der Waals surface area contributed by atoms with E-state index < -0.39 is 5.82 Å². The fourth-order valence-electron chi connectivity index (χ4n) is 2.94. The third kappa shape index (κ3) is 4.26. The van der Waals surface area contributed by atoms with Crippen molar-refractivity contribution in [2.24, 2.45) is 0 Å². The van der Waals surface area contributed by atoms with Crippen molar-refractivity contribution in [3.63, 3.8) is 0 Å². The quantitative estimate of drug-likeness (QED) is 0.823. The van der Waals surface area contributed by atoms with Crippen LogP contribution < -0.4 is 10.2 Å². The van der Waals surface area contributed by atoms with Crippen molar-refractivity contribution >= 4 is 23.2 Å². The molecule has 0 bridgehead atoms. The van der Waals surface area contributed by atoms with E-state index in [1.54, 1.807) is 25.1 Å². The maximum absolute atomic E-state index is 14.3. The van der Waals surface area contributed by atoms with E-state index >= 15 is 0 Å². The van der Waals surface area contributed by atoms with Gasteiger partial charge in [-0.1, -0.05) is 5.16 Å². The number of aryl methyl sites for hydroxylation is 1. The van der Waals surface area contributed by atoms with Crippen molar-refractivity contribution in [2.45, 2.75) is 13.8 Å². The highest BCUT2D eigenvalue weighted by molar-refractivity contribution is 5.94. The first kappa shape index (κ1) is 18.1. The third-order valence-electron chi connectivity index (χ3n) is 4.33. The molecule has 8 heteroatoms. The van der Waals surface area contributed by atoms with Gasteiger partial charge in [0.25, 0.3) is 0 Å². The fraction of sp³-hybridized carbons (Fsp3) is 0.389. The molecule has 0 atom stereocenters. The van der Waals surface area contributed by atoms with Crippen molar-refractivity contribution < 1.29 is 18.5 Å². The van der Waals surface area contributed by atoms with Gasteiger partial charge in [0.2, 0.25) is 5.91 Å². The second-order valence-corrected chi connectivity index (χ2v) is 6.36. The Bertz CT molecular complexity index is 813. The number of anilines is 2. The summed E-state index contributed by atoms with van der Waals surface area (Å²) in [5, 5.41) is 6.42. The smallest absolute Gasteiger partial charge is 0.239 e. The Labute approximate surface area is 150 Å². The van der Waals surface area contributed by atoms with Gasteiger partial charge in [0.1, 0.15) is 11.6 Å². The number of halogens is 1. The van der Waals surface area contributed by atoms with Gasteiger partial charge in [-0.25, -0.2) is 4.39 Å². The van der Waals surface area contributed by atoms with Crippen LogP contribution in [0.5, 0.6) is 0 Å². The van der Waals surface area contributed by atoms with Crippen LogP contribution in [0.1, 0.15) is 23.0 Å². The fourth-order valence-corrected chi connectivity index (χ4v) is 2.94. The predicted octanol–water partition coefficient (Wildman–Crippen LogP) is 2.09. The number of carbonyl (C=O) groups is 2. The highest BCUT2D eigenvalue weighted by atomic mass is 19.1. The Morgan fingerprint density at radius 1 is 1.23 bits per heavy atom. The highest BCUT2D eigenvalue weighted by Crippen LogP contribution is 2.22. The van der Waals surface area contributed by atoms with Gasteiger partial charge < -0.3 is 14.7 Å². The number of benzene rings is 1. The number of nitrogens with zero attached hydrogens (tertiary/aromatic N) is 3. The molecule has 7 nitrogen and oxygen atoms in total. The second kappa shape index (κ2) is 7.65. The number of nitrogens with one attached hydrogen (secondary N) is 1. The van der Waals surface area contributed by atoms with Gasteiger partial charge in [0.15, 0.2) is 11.6 Å². The summed E-state index contributed by atoms with van der Waals surface area (Å²) in [6.45, 7) is 5.89. The zero-order valence-electron chi connectivity index (χ0n) is 14.8. The molecule has 1 saturated heterocycles. The number of carbonyl (C=O) groups excluding carboxylic acids is 2. The lowest BCUT2D eigenvalue weighted by Crippen LogP contribution is -2.49. The molecule has 1 N–H and O–H groups in total. The first-order valence-electron chi connectivity index (χ1n) is 8.43. The lowest BCUT2D eigenvalue weighted by molar-refractivity contribution is -0.117. The summed E-state index contributed by atoms with van der Waals surface area (Å²) in [6, 6.07) is 6.21. The Kier molecular flexibility index (Phi) is 5.32. The summed E-state index contributed by atoms with van der Waals surface area (Å²) in [6.07, 6.45) is 0. The molecule has 138 valence electrons. The molecule has 1 aromatic carbocycles. The van der Waals surface area contributed by atoms with Crippen molar-refractivity contribution in [2.75, 3.05) is 42.9 Å². The summed E-state index contributed by atoms with van der Waals surface area (Å²) in [5.74, 6) is 0.313. The summed E-state index contributed by atoms with van der Waals surface area (Å²) in [4.78, 5) is 27.3. The van der Waals surface area contributed by atoms with Crippen LogP contribution in [0.15, 0.2) is 28.8 Å². The SMILES string of the molecule is CC(=O)c1ccc(N2CCN(CC(=O)Nc3cc(C)on3)CC2)c(F)c1. The van der Waals surface area contributed by atoms with E-state index in [9.17, 15) is 14.0 Å². The average Bonchev–Trinajstić information content (AvgIpc) is 3.00. The number of hydrogen-bond acceptors (Lipinski definition) is 6. The van der Waals surface area contributed by atoms with Crippen molar-refractivity contribution in [3.8, 4) is 0 Å². The highest BCUT2D eigenvalue weighted by Gasteiger charge is 2.21. The van der Waals surface area contributed by atoms with Crippen LogP contribution in [0.2, 0.25) is 0 Å². The summed E-state index contributed by atoms with van der Waals surface area (Å²) in [5.41, 5.74) is 0.849. The zero-order chi connectivity index (χ0) is 18.7. The van der Waals surface area contributed by atoms with Crippen LogP contribution in [-0.2, 0) is 4.79 Å². The molecule has 2 aromatic rings. The van der Waals surface area contributed by atoms with E-state index in [1.807, 2.05) is 9.80 Å². The number of Topliss-reactive ketones (excluding diaryl/α,β-unsaturated/α-hetero) is 1. The molecule has 1 aliphatic heterocycles. The number of amides is 1. The van der Waals surface area contributed by atoms with Gasteiger partial charge in [0.05, 0.1) is 12.2 Å². The molecule has 0 aliphatic carbocycles. The van der Waals surface area contributed by atoms with Gasteiger partial charge in [-0.2, -0.15) is 0 Å². The maximum Gasteiger partial charge on any atom is 0.239 e. The van der Waals surface area contributed by atoms with E-state index in [1.165, 1.54) is 13.0 Å². The monoisotopic (exact) mass is 360 g/mol. The molecule has 0 radical (unpaired) electrons. The van der Waals surface area contributed by atoms with Gasteiger partial charge in [-0.3, -0.25) is 14.5 Å². The first-order chi connectivity index (χ1) is 12.4. The topological polar surface area (TPSA) is 78.7 Å². The molecule has 26 heavy (non-hydrogen) atoms. The number of piperazine rings is 1. The average molecular weight is 360 g/mol. The lowest BCUT2D eigenvalue weighted by atomic mass is 10.1. The molecule has 0 spiro atoms. The predicted molar refractivity (Wildman–Crippen MR) is 94.9 cm³/mol.